The van der Waals surface area contributed by atoms with Crippen molar-refractivity contribution in [2.75, 3.05) is 7.11 Å². The first-order valence-corrected chi connectivity index (χ1v) is 9.04. The van der Waals surface area contributed by atoms with Crippen LogP contribution in [0.25, 0.3) is 0 Å². The zero-order valence-electron chi connectivity index (χ0n) is 15.4. The number of hydrogen-bond donors (Lipinski definition) is 1. The van der Waals surface area contributed by atoms with E-state index in [1.807, 2.05) is 48.2 Å². The van der Waals surface area contributed by atoms with E-state index in [9.17, 15) is 4.79 Å². The Morgan fingerprint density at radius 1 is 1.23 bits per heavy atom. The highest BCUT2D eigenvalue weighted by molar-refractivity contribution is 5.75. The molecule has 5 heteroatoms. The first-order valence-electron chi connectivity index (χ1n) is 9.04. The molecule has 2 aliphatic heterocycles. The lowest BCUT2D eigenvalue weighted by Gasteiger charge is -2.26. The Morgan fingerprint density at radius 2 is 2.04 bits per heavy atom. The molecule has 3 atom stereocenters. The van der Waals surface area contributed by atoms with E-state index in [-0.39, 0.29) is 24.1 Å². The number of ether oxygens (including phenoxy) is 2. The van der Waals surface area contributed by atoms with Gasteiger partial charge in [0.1, 0.15) is 17.6 Å². The number of nitrogens with zero attached hydrogens (tertiary/aromatic N) is 1. The van der Waals surface area contributed by atoms with Crippen LogP contribution in [0.15, 0.2) is 42.5 Å². The molecule has 0 bridgehead atoms. The van der Waals surface area contributed by atoms with Crippen LogP contribution < -0.4 is 14.8 Å². The van der Waals surface area contributed by atoms with Gasteiger partial charge >= 0.3 is 6.03 Å². The Balaban J connectivity index is 1.42. The number of para-hydroxylation sites is 1. The van der Waals surface area contributed by atoms with Gasteiger partial charge in [0.2, 0.25) is 0 Å². The number of urea groups is 1. The molecule has 0 aliphatic carbocycles. The van der Waals surface area contributed by atoms with Crippen molar-refractivity contribution in [2.24, 2.45) is 0 Å². The Morgan fingerprint density at radius 3 is 2.81 bits per heavy atom. The largest absolute Gasteiger partial charge is 0.496 e. The summed E-state index contributed by atoms with van der Waals surface area (Å²) in [7, 11) is 1.66. The van der Waals surface area contributed by atoms with Crippen molar-refractivity contribution in [1.82, 2.24) is 10.2 Å². The number of rotatable bonds is 3. The van der Waals surface area contributed by atoms with Crippen molar-refractivity contribution in [2.45, 2.75) is 45.0 Å². The van der Waals surface area contributed by atoms with Crippen molar-refractivity contribution < 1.29 is 14.3 Å². The third kappa shape index (κ3) is 2.77. The fourth-order valence-corrected chi connectivity index (χ4v) is 4.02. The van der Waals surface area contributed by atoms with Crippen molar-refractivity contribution >= 4 is 6.03 Å². The SMILES string of the molecule is COc1cccc2c1CN(C(=O)NC(C)C1Oc3ccccc3C1C)C2. The van der Waals surface area contributed by atoms with Crippen LogP contribution in [0.1, 0.15) is 36.5 Å². The molecule has 0 spiro atoms. The molecule has 2 aliphatic rings. The zero-order chi connectivity index (χ0) is 18.3. The molecule has 0 radical (unpaired) electrons. The molecule has 2 heterocycles. The normalized spacial score (nSPS) is 21.6. The zero-order valence-corrected chi connectivity index (χ0v) is 15.4. The summed E-state index contributed by atoms with van der Waals surface area (Å²) < 4.78 is 11.5. The minimum absolute atomic E-state index is 0.0594. The molecule has 136 valence electrons. The Bertz CT molecular complexity index is 836. The van der Waals surface area contributed by atoms with E-state index >= 15 is 0 Å². The molecule has 0 fully saturated rings. The van der Waals surface area contributed by atoms with Crippen molar-refractivity contribution in [3.8, 4) is 11.5 Å². The predicted octanol–water partition coefficient (Wildman–Crippen LogP) is 3.67. The van der Waals surface area contributed by atoms with Gasteiger partial charge in [0.25, 0.3) is 0 Å². The van der Waals surface area contributed by atoms with Gasteiger partial charge in [-0.15, -0.1) is 0 Å². The molecular weight excluding hydrogens is 328 g/mol. The third-order valence-corrected chi connectivity index (χ3v) is 5.46. The van der Waals surface area contributed by atoms with Crippen molar-refractivity contribution in [1.29, 1.82) is 0 Å². The van der Waals surface area contributed by atoms with E-state index in [0.717, 1.165) is 22.6 Å². The maximum absolute atomic E-state index is 12.8. The second-order valence-electron chi connectivity index (χ2n) is 7.10. The number of fused-ring (bicyclic) bond motifs is 2. The van der Waals surface area contributed by atoms with Gasteiger partial charge in [-0.2, -0.15) is 0 Å². The molecule has 0 aromatic heterocycles. The lowest BCUT2D eigenvalue weighted by Crippen LogP contribution is -2.48. The predicted molar refractivity (Wildman–Crippen MR) is 99.5 cm³/mol. The molecular formula is C21H24N2O3. The molecule has 4 rings (SSSR count). The Labute approximate surface area is 153 Å². The molecule has 2 aromatic carbocycles. The monoisotopic (exact) mass is 352 g/mol. The van der Waals surface area contributed by atoms with Crippen LogP contribution in [0.4, 0.5) is 4.79 Å². The molecule has 2 amide bonds. The van der Waals surface area contributed by atoms with E-state index < -0.39 is 0 Å². The fraction of sp³-hybridized carbons (Fsp3) is 0.381. The number of nitrogens with one attached hydrogen (secondary N) is 1. The summed E-state index contributed by atoms with van der Waals surface area (Å²) in [5.41, 5.74) is 3.44. The van der Waals surface area contributed by atoms with Gasteiger partial charge in [0, 0.05) is 23.6 Å². The molecule has 0 saturated heterocycles. The maximum Gasteiger partial charge on any atom is 0.318 e. The number of hydrogen-bond acceptors (Lipinski definition) is 3. The number of carbonyl (C=O) groups excluding carboxylic acids is 1. The third-order valence-electron chi connectivity index (χ3n) is 5.46. The first-order chi connectivity index (χ1) is 12.6. The summed E-state index contributed by atoms with van der Waals surface area (Å²) in [4.78, 5) is 14.6. The smallest absolute Gasteiger partial charge is 0.318 e. The van der Waals surface area contributed by atoms with Crippen LogP contribution in [-0.2, 0) is 13.1 Å². The van der Waals surface area contributed by atoms with E-state index in [2.05, 4.69) is 18.3 Å². The average molecular weight is 352 g/mol. The van der Waals surface area contributed by atoms with Gasteiger partial charge in [0.05, 0.1) is 19.7 Å². The van der Waals surface area contributed by atoms with Gasteiger partial charge < -0.3 is 19.7 Å². The van der Waals surface area contributed by atoms with Crippen LogP contribution in [0.5, 0.6) is 11.5 Å². The number of benzene rings is 2. The van der Waals surface area contributed by atoms with Crippen molar-refractivity contribution in [3.63, 3.8) is 0 Å². The maximum atomic E-state index is 12.8. The summed E-state index contributed by atoms with van der Waals surface area (Å²) in [6.07, 6.45) is -0.0594. The van der Waals surface area contributed by atoms with Gasteiger partial charge in [-0.25, -0.2) is 4.79 Å². The molecule has 1 N–H and O–H groups in total. The molecule has 0 saturated carbocycles. The molecule has 5 nitrogen and oxygen atoms in total. The van der Waals surface area contributed by atoms with Gasteiger partial charge in [-0.05, 0) is 24.6 Å². The summed E-state index contributed by atoms with van der Waals surface area (Å²) in [6.45, 7) is 5.33. The number of methoxy groups -OCH3 is 1. The average Bonchev–Trinajstić information content (AvgIpc) is 3.23. The second kappa shape index (κ2) is 6.56. The highest BCUT2D eigenvalue weighted by atomic mass is 16.5. The van der Waals surface area contributed by atoms with Crippen LogP contribution in [-0.4, -0.2) is 30.2 Å². The van der Waals surface area contributed by atoms with E-state index in [4.69, 9.17) is 9.47 Å². The number of carbonyl (C=O) groups is 1. The minimum Gasteiger partial charge on any atom is -0.496 e. The van der Waals surface area contributed by atoms with E-state index in [1.54, 1.807) is 7.11 Å². The quantitative estimate of drug-likeness (QED) is 0.917. The van der Waals surface area contributed by atoms with Gasteiger partial charge in [-0.3, -0.25) is 0 Å². The summed E-state index contributed by atoms with van der Waals surface area (Å²) in [5.74, 6) is 2.01. The van der Waals surface area contributed by atoms with Crippen molar-refractivity contribution in [3.05, 3.63) is 59.2 Å². The van der Waals surface area contributed by atoms with Crippen LogP contribution in [0.3, 0.4) is 0 Å². The lowest BCUT2D eigenvalue weighted by molar-refractivity contribution is 0.152. The Kier molecular flexibility index (Phi) is 4.23. The van der Waals surface area contributed by atoms with Crippen LogP contribution >= 0.6 is 0 Å². The lowest BCUT2D eigenvalue weighted by atomic mass is 9.94. The highest BCUT2D eigenvalue weighted by Gasteiger charge is 2.36. The summed E-state index contributed by atoms with van der Waals surface area (Å²) in [6, 6.07) is 13.9. The van der Waals surface area contributed by atoms with Crippen LogP contribution in [0, 0.1) is 0 Å². The van der Waals surface area contributed by atoms with Crippen LogP contribution in [0.2, 0.25) is 0 Å². The highest BCUT2D eigenvalue weighted by Crippen LogP contribution is 2.39. The standard InChI is InChI=1S/C21H24N2O3/c1-13-16-8-4-5-9-19(16)26-20(13)14(2)22-21(24)23-11-15-7-6-10-18(25-3)17(15)12-23/h4-10,13-14,20H,11-12H2,1-3H3,(H,22,24). The minimum atomic E-state index is -0.0875. The molecule has 3 unspecified atom stereocenters. The van der Waals surface area contributed by atoms with Gasteiger partial charge in [-0.1, -0.05) is 37.3 Å². The van der Waals surface area contributed by atoms with Gasteiger partial charge in [0.15, 0.2) is 0 Å². The summed E-state index contributed by atoms with van der Waals surface area (Å²) >= 11 is 0. The summed E-state index contributed by atoms with van der Waals surface area (Å²) in [5, 5.41) is 3.12. The number of amides is 2. The van der Waals surface area contributed by atoms with E-state index in [0.29, 0.717) is 13.1 Å². The molecule has 2 aromatic rings. The fourth-order valence-electron chi connectivity index (χ4n) is 4.02. The van der Waals surface area contributed by atoms with E-state index in [1.165, 1.54) is 5.56 Å². The second-order valence-corrected chi connectivity index (χ2v) is 7.10. The first kappa shape index (κ1) is 16.8. The molecule has 26 heavy (non-hydrogen) atoms. The topological polar surface area (TPSA) is 50.8 Å². The Hall–Kier alpha value is -2.69.